The molecule has 0 bridgehead atoms. The molecule has 0 aliphatic carbocycles. The van der Waals surface area contributed by atoms with Gasteiger partial charge in [-0.3, -0.25) is 4.79 Å². The number of carbonyl (C=O) groups is 1. The number of aromatic hydroxyl groups is 1. The van der Waals surface area contributed by atoms with Crippen LogP contribution in [0.5, 0.6) is 5.75 Å². The number of hydrogen-bond acceptors (Lipinski definition) is 9. The van der Waals surface area contributed by atoms with Gasteiger partial charge in [-0.15, -0.1) is 5.10 Å². The Balaban J connectivity index is 1.07. The number of aliphatic hydroxyl groups excluding tert-OH is 1. The summed E-state index contributed by atoms with van der Waals surface area (Å²) in [5.41, 5.74) is 4.53. The summed E-state index contributed by atoms with van der Waals surface area (Å²) < 4.78 is 14.7. The number of rotatable bonds is 23. The summed E-state index contributed by atoms with van der Waals surface area (Å²) in [7, 11) is 0. The van der Waals surface area contributed by atoms with Crippen molar-refractivity contribution in [3.8, 4) is 11.4 Å². The Labute approximate surface area is 319 Å². The maximum atomic E-state index is 12.6. The summed E-state index contributed by atoms with van der Waals surface area (Å²) in [5.74, 6) is 0.865. The average Bonchev–Trinajstić information content (AvgIpc) is 3.67. The van der Waals surface area contributed by atoms with Gasteiger partial charge in [0.1, 0.15) is 5.75 Å². The molecule has 4 aromatic rings. The van der Waals surface area contributed by atoms with Gasteiger partial charge in [0.25, 0.3) is 0 Å². The van der Waals surface area contributed by atoms with E-state index in [-0.39, 0.29) is 30.5 Å². The number of phenolic OH excluding ortho intramolecular Hbond substituents is 1. The van der Waals surface area contributed by atoms with E-state index in [1.807, 2.05) is 48.5 Å². The first-order valence-corrected chi connectivity index (χ1v) is 20.6. The molecule has 0 radical (unpaired) electrons. The highest BCUT2D eigenvalue weighted by Gasteiger charge is 2.32. The third-order valence-electron chi connectivity index (χ3n) is 9.80. The van der Waals surface area contributed by atoms with Gasteiger partial charge in [-0.25, -0.2) is 0 Å². The van der Waals surface area contributed by atoms with Gasteiger partial charge in [-0.05, 0) is 57.8 Å². The van der Waals surface area contributed by atoms with E-state index in [2.05, 4.69) is 27.8 Å². The Morgan fingerprint density at radius 2 is 1.40 bits per heavy atom. The lowest BCUT2D eigenvalue weighted by Gasteiger charge is -2.36. The number of phenols is 1. The second kappa shape index (κ2) is 22.4. The Bertz CT molecular complexity index is 1620. The van der Waals surface area contributed by atoms with Crippen molar-refractivity contribution in [3.63, 3.8) is 0 Å². The fourth-order valence-electron chi connectivity index (χ4n) is 6.60. The monoisotopic (exact) mass is 743 g/mol. The lowest BCUT2D eigenvalue weighted by atomic mass is 10.0. The van der Waals surface area contributed by atoms with E-state index in [0.29, 0.717) is 30.3 Å². The van der Waals surface area contributed by atoms with E-state index in [4.69, 9.17) is 9.47 Å². The number of nitrogens with one attached hydrogen (secondary N) is 1. The molecule has 2 heterocycles. The van der Waals surface area contributed by atoms with Crippen molar-refractivity contribution in [2.45, 2.75) is 140 Å². The van der Waals surface area contributed by atoms with Crippen molar-refractivity contribution in [1.29, 1.82) is 0 Å². The largest absolute Gasteiger partial charge is 0.508 e. The molecule has 3 aromatic carbocycles. The van der Waals surface area contributed by atoms with E-state index in [1.54, 1.807) is 28.9 Å². The van der Waals surface area contributed by atoms with Crippen LogP contribution < -0.4 is 5.32 Å². The van der Waals surface area contributed by atoms with Crippen LogP contribution in [0.1, 0.15) is 138 Å². The molecule has 0 saturated carbocycles. The van der Waals surface area contributed by atoms with Crippen molar-refractivity contribution in [2.24, 2.45) is 0 Å². The highest BCUT2D eigenvalue weighted by atomic mass is 32.2. The number of unbranched alkanes of at least 4 members (excludes halogenated alkanes) is 12. The number of ether oxygens (including phenoxy) is 2. The summed E-state index contributed by atoms with van der Waals surface area (Å²) >= 11 is 1.50. The molecule has 0 spiro atoms. The van der Waals surface area contributed by atoms with Gasteiger partial charge in [0.05, 0.1) is 24.5 Å². The first kappa shape index (κ1) is 40.4. The molecule has 1 fully saturated rings. The Kier molecular flexibility index (Phi) is 17.1. The minimum absolute atomic E-state index is 0.0151. The maximum absolute atomic E-state index is 12.6. The molecule has 286 valence electrons. The summed E-state index contributed by atoms with van der Waals surface area (Å²) in [6.07, 6.45) is 17.0. The van der Waals surface area contributed by atoms with Crippen molar-refractivity contribution < 1.29 is 24.5 Å². The molecule has 1 saturated heterocycles. The number of benzene rings is 3. The number of aliphatic hydroxyl groups is 1. The van der Waals surface area contributed by atoms with Crippen LogP contribution >= 0.6 is 11.8 Å². The van der Waals surface area contributed by atoms with Gasteiger partial charge < -0.3 is 25.0 Å². The zero-order chi connectivity index (χ0) is 37.1. The number of nitrogens with zero attached hydrogens (tertiary/aromatic N) is 4. The van der Waals surface area contributed by atoms with E-state index < -0.39 is 6.29 Å². The first-order chi connectivity index (χ1) is 26.0. The fourth-order valence-corrected chi connectivity index (χ4v) is 7.51. The van der Waals surface area contributed by atoms with Crippen LogP contribution in [-0.2, 0) is 27.4 Å². The van der Waals surface area contributed by atoms with Crippen molar-refractivity contribution in [3.05, 3.63) is 95.1 Å². The second-order valence-electron chi connectivity index (χ2n) is 14.1. The number of aromatic nitrogens is 4. The zero-order valence-corrected chi connectivity index (χ0v) is 32.0. The SMILES string of the molecule is CCCCCCCCCCCCCCCC(=O)NCc1ccc(C2OC(CSc3nnnn3-c3ccc(O)cc3)CC(c3ccc(CO)cc3)O2)cc1. The summed E-state index contributed by atoms with van der Waals surface area (Å²) in [5, 5.41) is 35.2. The third-order valence-corrected chi connectivity index (χ3v) is 10.8. The van der Waals surface area contributed by atoms with Crippen LogP contribution in [0.4, 0.5) is 0 Å². The molecule has 1 aliphatic heterocycles. The highest BCUT2D eigenvalue weighted by molar-refractivity contribution is 7.99. The normalized spacial score (nSPS) is 17.2. The van der Waals surface area contributed by atoms with Gasteiger partial charge in [-0.1, -0.05) is 144 Å². The van der Waals surface area contributed by atoms with Crippen LogP contribution in [0.15, 0.2) is 78.0 Å². The predicted molar refractivity (Wildman–Crippen MR) is 209 cm³/mol. The number of thioether (sulfide) groups is 1. The summed E-state index contributed by atoms with van der Waals surface area (Å²) in [4.78, 5) is 12.6. The molecule has 53 heavy (non-hydrogen) atoms. The molecule has 1 aromatic heterocycles. The van der Waals surface area contributed by atoms with Crippen LogP contribution in [0.2, 0.25) is 0 Å². The van der Waals surface area contributed by atoms with Crippen molar-refractivity contribution in [2.75, 3.05) is 5.75 Å². The Hall–Kier alpha value is -3.77. The molecule has 3 unspecified atom stereocenters. The standard InChI is InChI=1S/C42H57N5O5S/c1-2-3-4-5-6-7-8-9-10-11-12-13-14-15-40(50)43-29-32-16-22-35(23-17-32)41-51-38(28-39(52-41)34-20-18-33(30-48)19-21-34)31-53-42-44-45-46-47(42)36-24-26-37(49)27-25-36/h16-27,38-39,41,48-49H,2-15,28-31H2,1H3,(H,43,50). The molecule has 5 rings (SSSR count). The molecular formula is C42H57N5O5S. The lowest BCUT2D eigenvalue weighted by molar-refractivity contribution is -0.245. The van der Waals surface area contributed by atoms with Crippen LogP contribution in [0.25, 0.3) is 5.69 Å². The number of tetrazole rings is 1. The van der Waals surface area contributed by atoms with Gasteiger partial charge >= 0.3 is 0 Å². The van der Waals surface area contributed by atoms with Gasteiger partial charge in [-0.2, -0.15) is 4.68 Å². The number of amides is 1. The molecule has 1 aliphatic rings. The van der Waals surface area contributed by atoms with E-state index >= 15 is 0 Å². The third kappa shape index (κ3) is 13.5. The molecule has 3 atom stereocenters. The summed E-state index contributed by atoms with van der Waals surface area (Å²) in [6.45, 7) is 2.74. The van der Waals surface area contributed by atoms with Crippen molar-refractivity contribution >= 4 is 17.7 Å². The molecule has 1 amide bonds. The second-order valence-corrected chi connectivity index (χ2v) is 15.0. The lowest BCUT2D eigenvalue weighted by Crippen LogP contribution is -2.31. The molecule has 3 N–H and O–H groups in total. The van der Waals surface area contributed by atoms with Crippen LogP contribution in [0, 0.1) is 0 Å². The first-order valence-electron chi connectivity index (χ1n) is 19.6. The van der Waals surface area contributed by atoms with Crippen LogP contribution in [-0.4, -0.2) is 48.2 Å². The maximum Gasteiger partial charge on any atom is 0.220 e. The van der Waals surface area contributed by atoms with Gasteiger partial charge in [0.15, 0.2) is 6.29 Å². The fraction of sp³-hybridized carbons (Fsp3) is 0.524. The molecule has 10 nitrogen and oxygen atoms in total. The highest BCUT2D eigenvalue weighted by Crippen LogP contribution is 2.39. The number of carbonyl (C=O) groups excluding carboxylic acids is 1. The molecule has 11 heteroatoms. The predicted octanol–water partition coefficient (Wildman–Crippen LogP) is 9.30. The summed E-state index contributed by atoms with van der Waals surface area (Å²) in [6, 6.07) is 22.6. The minimum Gasteiger partial charge on any atom is -0.508 e. The van der Waals surface area contributed by atoms with E-state index in [0.717, 1.165) is 40.8 Å². The topological polar surface area (TPSA) is 132 Å². The van der Waals surface area contributed by atoms with Gasteiger partial charge in [0, 0.05) is 30.7 Å². The number of hydrogen-bond donors (Lipinski definition) is 3. The minimum atomic E-state index is -0.593. The smallest absolute Gasteiger partial charge is 0.220 e. The Morgan fingerprint density at radius 1 is 0.792 bits per heavy atom. The van der Waals surface area contributed by atoms with Crippen molar-refractivity contribution in [1.82, 2.24) is 25.5 Å². The van der Waals surface area contributed by atoms with Gasteiger partial charge in [0.2, 0.25) is 11.1 Å². The van der Waals surface area contributed by atoms with Crippen LogP contribution in [0.3, 0.4) is 0 Å². The zero-order valence-electron chi connectivity index (χ0n) is 31.2. The molecular weight excluding hydrogens is 687 g/mol. The quantitative estimate of drug-likeness (QED) is 0.0502. The Morgan fingerprint density at radius 3 is 2.04 bits per heavy atom. The average molecular weight is 744 g/mol. The van der Waals surface area contributed by atoms with E-state index in [1.165, 1.54) is 82.4 Å². The van der Waals surface area contributed by atoms with E-state index in [9.17, 15) is 15.0 Å².